The van der Waals surface area contributed by atoms with E-state index in [-0.39, 0.29) is 19.0 Å². The minimum absolute atomic E-state index is 0.0447. The predicted molar refractivity (Wildman–Crippen MR) is 94.2 cm³/mol. The predicted octanol–water partition coefficient (Wildman–Crippen LogP) is 3.54. The lowest BCUT2D eigenvalue weighted by Crippen LogP contribution is -2.34. The number of halogens is 3. The zero-order valence-corrected chi connectivity index (χ0v) is 14.8. The van der Waals surface area contributed by atoms with Crippen LogP contribution in [0.25, 0.3) is 11.0 Å². The molecule has 0 aliphatic heterocycles. The summed E-state index contributed by atoms with van der Waals surface area (Å²) in [6, 6.07) is 5.80. The molecular formula is C17H19F3N6O. The molecule has 0 saturated carbocycles. The van der Waals surface area contributed by atoms with Crippen LogP contribution in [-0.2, 0) is 12.7 Å². The fourth-order valence-electron chi connectivity index (χ4n) is 2.73. The van der Waals surface area contributed by atoms with Gasteiger partial charge in [0.05, 0.1) is 23.1 Å². The second kappa shape index (κ2) is 7.29. The third kappa shape index (κ3) is 4.57. The second-order valence-corrected chi connectivity index (χ2v) is 6.43. The first-order chi connectivity index (χ1) is 12.7. The van der Waals surface area contributed by atoms with Crippen molar-refractivity contribution in [3.05, 3.63) is 42.0 Å². The molecule has 1 aromatic carbocycles. The van der Waals surface area contributed by atoms with Gasteiger partial charge in [0.2, 0.25) is 0 Å². The minimum Gasteiger partial charge on any atom is -0.345 e. The molecule has 0 bridgehead atoms. The molecule has 0 aliphatic rings. The van der Waals surface area contributed by atoms with E-state index in [9.17, 15) is 18.0 Å². The standard InChI is InChI=1S/C17H19F3N6O/c1-10(8-26-15(17(18,19)20)5-11(2)25-26)7-21-16(27)24-12-3-4-13-14(6-12)23-9-22-13/h3-6,9-10H,7-8H2,1-2H3,(H,22,23)(H2,21,24,27)/t10-/m1/s1. The summed E-state index contributed by atoms with van der Waals surface area (Å²) in [7, 11) is 0. The van der Waals surface area contributed by atoms with E-state index in [0.717, 1.165) is 21.8 Å². The van der Waals surface area contributed by atoms with Crippen molar-refractivity contribution < 1.29 is 18.0 Å². The van der Waals surface area contributed by atoms with E-state index in [2.05, 4.69) is 25.7 Å². The van der Waals surface area contributed by atoms with Gasteiger partial charge in [0, 0.05) is 18.8 Å². The summed E-state index contributed by atoms with van der Waals surface area (Å²) in [5, 5.41) is 9.24. The van der Waals surface area contributed by atoms with Gasteiger partial charge in [0.15, 0.2) is 0 Å². The lowest BCUT2D eigenvalue weighted by atomic mass is 10.2. The van der Waals surface area contributed by atoms with Gasteiger partial charge in [-0.2, -0.15) is 18.3 Å². The summed E-state index contributed by atoms with van der Waals surface area (Å²) in [6.07, 6.45) is -2.90. The van der Waals surface area contributed by atoms with Crippen molar-refractivity contribution in [1.29, 1.82) is 0 Å². The number of anilines is 1. The Hall–Kier alpha value is -3.04. The SMILES string of the molecule is Cc1cc(C(F)(F)F)n(C[C@H](C)CNC(=O)Nc2ccc3nc[nH]c3c2)n1. The third-order valence-corrected chi connectivity index (χ3v) is 3.97. The molecule has 0 unspecified atom stereocenters. The molecule has 10 heteroatoms. The first kappa shape index (κ1) is 18.7. The number of amides is 2. The fraction of sp³-hybridized carbons (Fsp3) is 0.353. The Balaban J connectivity index is 1.54. The summed E-state index contributed by atoms with van der Waals surface area (Å²) in [6.45, 7) is 3.50. The molecule has 1 atom stereocenters. The maximum Gasteiger partial charge on any atom is 0.433 e. The third-order valence-electron chi connectivity index (χ3n) is 3.97. The number of alkyl halides is 3. The summed E-state index contributed by atoms with van der Waals surface area (Å²) < 4.78 is 40.0. The maximum absolute atomic E-state index is 13.0. The molecule has 3 N–H and O–H groups in total. The van der Waals surface area contributed by atoms with Crippen molar-refractivity contribution >= 4 is 22.8 Å². The zero-order valence-electron chi connectivity index (χ0n) is 14.8. The van der Waals surface area contributed by atoms with Crippen LogP contribution in [0.3, 0.4) is 0 Å². The number of nitrogens with zero attached hydrogens (tertiary/aromatic N) is 3. The second-order valence-electron chi connectivity index (χ2n) is 6.43. The molecular weight excluding hydrogens is 361 g/mol. The topological polar surface area (TPSA) is 87.6 Å². The summed E-state index contributed by atoms with van der Waals surface area (Å²) >= 11 is 0. The van der Waals surface area contributed by atoms with Crippen LogP contribution in [0.15, 0.2) is 30.6 Å². The van der Waals surface area contributed by atoms with Gasteiger partial charge in [0.25, 0.3) is 0 Å². The molecule has 0 aliphatic carbocycles. The van der Waals surface area contributed by atoms with E-state index in [1.165, 1.54) is 6.92 Å². The Bertz CT molecular complexity index is 946. The Kier molecular flexibility index (Phi) is 5.06. The van der Waals surface area contributed by atoms with Crippen LogP contribution in [0.4, 0.5) is 23.7 Å². The number of aromatic amines is 1. The fourth-order valence-corrected chi connectivity index (χ4v) is 2.73. The van der Waals surface area contributed by atoms with Crippen molar-refractivity contribution in [1.82, 2.24) is 25.1 Å². The number of benzene rings is 1. The highest BCUT2D eigenvalue weighted by Crippen LogP contribution is 2.30. The molecule has 3 aromatic rings. The normalized spacial score (nSPS) is 12.9. The highest BCUT2D eigenvalue weighted by Gasteiger charge is 2.35. The van der Waals surface area contributed by atoms with E-state index < -0.39 is 17.9 Å². The lowest BCUT2D eigenvalue weighted by molar-refractivity contribution is -0.144. The van der Waals surface area contributed by atoms with E-state index >= 15 is 0 Å². The number of aryl methyl sites for hydroxylation is 1. The molecule has 2 heterocycles. The lowest BCUT2D eigenvalue weighted by Gasteiger charge is -2.16. The number of hydrogen-bond acceptors (Lipinski definition) is 3. The summed E-state index contributed by atoms with van der Waals surface area (Å²) in [5.41, 5.74) is 1.66. The summed E-state index contributed by atoms with van der Waals surface area (Å²) in [5.74, 6) is -0.244. The van der Waals surface area contributed by atoms with Gasteiger partial charge in [-0.05, 0) is 37.1 Å². The average Bonchev–Trinajstić information content (AvgIpc) is 3.18. The first-order valence-corrected chi connectivity index (χ1v) is 8.32. The van der Waals surface area contributed by atoms with E-state index in [4.69, 9.17) is 0 Å². The molecule has 3 rings (SSSR count). The number of carbonyl (C=O) groups excluding carboxylic acids is 1. The van der Waals surface area contributed by atoms with Crippen LogP contribution in [0, 0.1) is 12.8 Å². The Morgan fingerprint density at radius 3 is 2.85 bits per heavy atom. The molecule has 0 saturated heterocycles. The van der Waals surface area contributed by atoms with Gasteiger partial charge in [0.1, 0.15) is 5.69 Å². The van der Waals surface area contributed by atoms with Crippen LogP contribution in [0.5, 0.6) is 0 Å². The van der Waals surface area contributed by atoms with Crippen molar-refractivity contribution in [2.75, 3.05) is 11.9 Å². The smallest absolute Gasteiger partial charge is 0.345 e. The molecule has 144 valence electrons. The number of nitrogens with one attached hydrogen (secondary N) is 3. The molecule has 2 aromatic heterocycles. The number of hydrogen-bond donors (Lipinski definition) is 3. The molecule has 27 heavy (non-hydrogen) atoms. The Labute approximate surface area is 153 Å². The van der Waals surface area contributed by atoms with Gasteiger partial charge in [-0.1, -0.05) is 6.92 Å². The highest BCUT2D eigenvalue weighted by molar-refractivity contribution is 5.91. The van der Waals surface area contributed by atoms with Crippen molar-refractivity contribution in [3.63, 3.8) is 0 Å². The van der Waals surface area contributed by atoms with Crippen LogP contribution in [0.2, 0.25) is 0 Å². The van der Waals surface area contributed by atoms with E-state index in [1.807, 2.05) is 0 Å². The molecule has 0 fully saturated rings. The number of imidazole rings is 1. The number of aromatic nitrogens is 4. The van der Waals surface area contributed by atoms with Gasteiger partial charge in [-0.15, -0.1) is 0 Å². The summed E-state index contributed by atoms with van der Waals surface area (Å²) in [4.78, 5) is 19.1. The van der Waals surface area contributed by atoms with E-state index in [0.29, 0.717) is 11.4 Å². The highest BCUT2D eigenvalue weighted by atomic mass is 19.4. The van der Waals surface area contributed by atoms with Crippen LogP contribution in [-0.4, -0.2) is 32.3 Å². The van der Waals surface area contributed by atoms with Crippen molar-refractivity contribution in [3.8, 4) is 0 Å². The minimum atomic E-state index is -4.46. The van der Waals surface area contributed by atoms with Gasteiger partial charge in [-0.3, -0.25) is 4.68 Å². The van der Waals surface area contributed by atoms with Crippen LogP contribution >= 0.6 is 0 Å². The molecule has 0 radical (unpaired) electrons. The molecule has 2 amide bonds. The number of rotatable bonds is 5. The van der Waals surface area contributed by atoms with Crippen LogP contribution < -0.4 is 10.6 Å². The zero-order chi connectivity index (χ0) is 19.6. The Morgan fingerprint density at radius 1 is 1.33 bits per heavy atom. The maximum atomic E-state index is 13.0. The average molecular weight is 380 g/mol. The number of carbonyl (C=O) groups is 1. The largest absolute Gasteiger partial charge is 0.433 e. The Morgan fingerprint density at radius 2 is 2.11 bits per heavy atom. The van der Waals surface area contributed by atoms with Crippen molar-refractivity contribution in [2.24, 2.45) is 5.92 Å². The van der Waals surface area contributed by atoms with E-state index in [1.54, 1.807) is 31.5 Å². The quantitative estimate of drug-likeness (QED) is 0.633. The van der Waals surface area contributed by atoms with Gasteiger partial charge in [-0.25, -0.2) is 9.78 Å². The first-order valence-electron chi connectivity index (χ1n) is 8.32. The number of fused-ring (bicyclic) bond motifs is 1. The number of H-pyrrole nitrogens is 1. The monoisotopic (exact) mass is 380 g/mol. The van der Waals surface area contributed by atoms with Gasteiger partial charge >= 0.3 is 12.2 Å². The van der Waals surface area contributed by atoms with Crippen molar-refractivity contribution in [2.45, 2.75) is 26.6 Å². The number of urea groups is 1. The molecule has 7 nitrogen and oxygen atoms in total. The van der Waals surface area contributed by atoms with Gasteiger partial charge < -0.3 is 15.6 Å². The molecule has 0 spiro atoms. The van der Waals surface area contributed by atoms with Crippen LogP contribution in [0.1, 0.15) is 18.3 Å².